The number of anilines is 1. The van der Waals surface area contributed by atoms with Crippen molar-refractivity contribution in [1.82, 2.24) is 14.5 Å². The van der Waals surface area contributed by atoms with Crippen molar-refractivity contribution in [3.63, 3.8) is 0 Å². The highest BCUT2D eigenvalue weighted by Crippen LogP contribution is 2.35. The average Bonchev–Trinajstić information content (AvgIpc) is 3.06. The molecule has 0 saturated carbocycles. The van der Waals surface area contributed by atoms with Crippen molar-refractivity contribution in [2.24, 2.45) is 0 Å². The summed E-state index contributed by atoms with van der Waals surface area (Å²) in [6.45, 7) is 3.27. The number of nitrogens with one attached hydrogen (secondary N) is 1. The number of aliphatic hydroxyl groups is 3. The van der Waals surface area contributed by atoms with E-state index in [2.05, 4.69) is 16.5 Å². The molecule has 4 unspecified atom stereocenters. The van der Waals surface area contributed by atoms with Gasteiger partial charge in [-0.1, -0.05) is 12.7 Å². The van der Waals surface area contributed by atoms with E-state index in [1.165, 1.54) is 10.9 Å². The standard InChI is InChI=1S/C13H16N4O5/c1-2-6-3-17(12-8(6)11(16-21)14-5-15-12)13-10(20)9(19)7(4-18)22-13/h2-3,5,7,9-10,13,18-21H,1,4H2,(H,14,15,16). The fraction of sp³-hybridized carbons (Fsp3) is 0.385. The first-order chi connectivity index (χ1) is 10.6. The van der Waals surface area contributed by atoms with Crippen LogP contribution in [0, 0.1) is 0 Å². The molecule has 1 aliphatic rings. The monoisotopic (exact) mass is 308 g/mol. The van der Waals surface area contributed by atoms with Gasteiger partial charge in [0.05, 0.1) is 12.0 Å². The van der Waals surface area contributed by atoms with Gasteiger partial charge >= 0.3 is 0 Å². The molecule has 0 spiro atoms. The third-order valence-electron chi connectivity index (χ3n) is 3.76. The lowest BCUT2D eigenvalue weighted by atomic mass is 10.1. The highest BCUT2D eigenvalue weighted by atomic mass is 16.6. The van der Waals surface area contributed by atoms with Crippen LogP contribution in [0.4, 0.5) is 5.82 Å². The SMILES string of the molecule is C=Cc1cn(C2OC(CO)C(O)C2O)c2ncnc(NO)c12. The van der Waals surface area contributed by atoms with Gasteiger partial charge in [0.1, 0.15) is 30.3 Å². The predicted octanol–water partition coefficient (Wildman–Crippen LogP) is -0.513. The smallest absolute Gasteiger partial charge is 0.164 e. The Morgan fingerprint density at radius 1 is 1.36 bits per heavy atom. The lowest BCUT2D eigenvalue weighted by molar-refractivity contribution is -0.0508. The lowest BCUT2D eigenvalue weighted by Gasteiger charge is -2.17. The molecule has 1 saturated heterocycles. The summed E-state index contributed by atoms with van der Waals surface area (Å²) in [5, 5.41) is 38.9. The van der Waals surface area contributed by atoms with E-state index >= 15 is 0 Å². The van der Waals surface area contributed by atoms with Crippen molar-refractivity contribution in [2.45, 2.75) is 24.5 Å². The quantitative estimate of drug-likeness (QED) is 0.477. The molecule has 1 aliphatic heterocycles. The van der Waals surface area contributed by atoms with Gasteiger partial charge < -0.3 is 24.6 Å². The number of nitrogens with zero attached hydrogens (tertiary/aromatic N) is 3. The molecule has 4 atom stereocenters. The fourth-order valence-electron chi connectivity index (χ4n) is 2.66. The third kappa shape index (κ3) is 2.07. The van der Waals surface area contributed by atoms with Crippen molar-refractivity contribution >= 4 is 22.9 Å². The summed E-state index contributed by atoms with van der Waals surface area (Å²) >= 11 is 0. The van der Waals surface area contributed by atoms with E-state index in [4.69, 9.17) is 9.94 Å². The highest BCUT2D eigenvalue weighted by Gasteiger charge is 2.44. The van der Waals surface area contributed by atoms with Gasteiger partial charge in [0.15, 0.2) is 12.0 Å². The van der Waals surface area contributed by atoms with E-state index < -0.39 is 31.1 Å². The Bertz CT molecular complexity index is 703. The second-order valence-corrected chi connectivity index (χ2v) is 4.96. The summed E-state index contributed by atoms with van der Waals surface area (Å²) < 4.78 is 7.01. The molecular formula is C13H16N4O5. The van der Waals surface area contributed by atoms with Gasteiger partial charge in [-0.25, -0.2) is 9.97 Å². The summed E-state index contributed by atoms with van der Waals surface area (Å²) in [7, 11) is 0. The first-order valence-corrected chi connectivity index (χ1v) is 6.63. The molecule has 0 aromatic carbocycles. The summed E-state index contributed by atoms with van der Waals surface area (Å²) in [6.07, 6.45) is 0.151. The van der Waals surface area contributed by atoms with E-state index in [-0.39, 0.29) is 5.82 Å². The van der Waals surface area contributed by atoms with Crippen LogP contribution in [0.25, 0.3) is 17.1 Å². The maximum Gasteiger partial charge on any atom is 0.164 e. The molecule has 2 aromatic heterocycles. The van der Waals surface area contributed by atoms with Gasteiger partial charge in [-0.3, -0.25) is 10.7 Å². The molecule has 9 nitrogen and oxygen atoms in total. The number of rotatable bonds is 4. The molecule has 2 aromatic rings. The minimum absolute atomic E-state index is 0.186. The average molecular weight is 308 g/mol. The Morgan fingerprint density at radius 2 is 2.14 bits per heavy atom. The molecule has 0 bridgehead atoms. The molecule has 1 fully saturated rings. The Hall–Kier alpha value is -2.04. The van der Waals surface area contributed by atoms with Crippen LogP contribution in [-0.2, 0) is 4.74 Å². The van der Waals surface area contributed by atoms with Crippen LogP contribution in [0.2, 0.25) is 0 Å². The van der Waals surface area contributed by atoms with Gasteiger partial charge in [0, 0.05) is 11.8 Å². The van der Waals surface area contributed by atoms with Crippen molar-refractivity contribution in [3.05, 3.63) is 24.7 Å². The highest BCUT2D eigenvalue weighted by molar-refractivity contribution is 5.95. The van der Waals surface area contributed by atoms with Crippen molar-refractivity contribution in [1.29, 1.82) is 0 Å². The minimum Gasteiger partial charge on any atom is -0.394 e. The van der Waals surface area contributed by atoms with Crippen LogP contribution < -0.4 is 5.48 Å². The zero-order valence-corrected chi connectivity index (χ0v) is 11.5. The first kappa shape index (κ1) is 14.9. The van der Waals surface area contributed by atoms with E-state index in [9.17, 15) is 15.3 Å². The number of aromatic nitrogens is 3. The van der Waals surface area contributed by atoms with Crippen LogP contribution in [0.1, 0.15) is 11.8 Å². The minimum atomic E-state index is -1.23. The van der Waals surface area contributed by atoms with Crippen LogP contribution >= 0.6 is 0 Å². The maximum atomic E-state index is 10.1. The maximum absolute atomic E-state index is 10.1. The van der Waals surface area contributed by atoms with Gasteiger partial charge in [-0.2, -0.15) is 0 Å². The molecule has 3 rings (SSSR count). The van der Waals surface area contributed by atoms with Gasteiger partial charge in [0.25, 0.3) is 0 Å². The Labute approximate surface area is 125 Å². The number of hydrogen-bond donors (Lipinski definition) is 5. The van der Waals surface area contributed by atoms with Crippen molar-refractivity contribution in [2.75, 3.05) is 12.1 Å². The van der Waals surface area contributed by atoms with E-state index in [0.717, 1.165) is 0 Å². The first-order valence-electron chi connectivity index (χ1n) is 6.63. The van der Waals surface area contributed by atoms with Crippen molar-refractivity contribution < 1.29 is 25.3 Å². The Balaban J connectivity index is 2.14. The normalized spacial score (nSPS) is 28.2. The van der Waals surface area contributed by atoms with Crippen molar-refractivity contribution in [3.8, 4) is 0 Å². The molecule has 118 valence electrons. The molecule has 22 heavy (non-hydrogen) atoms. The molecule has 0 radical (unpaired) electrons. The summed E-state index contributed by atoms with van der Waals surface area (Å²) in [5.74, 6) is 0.186. The second-order valence-electron chi connectivity index (χ2n) is 4.96. The van der Waals surface area contributed by atoms with Crippen LogP contribution in [0.3, 0.4) is 0 Å². The number of hydrogen-bond acceptors (Lipinski definition) is 8. The Kier molecular flexibility index (Phi) is 3.81. The zero-order valence-electron chi connectivity index (χ0n) is 11.5. The lowest BCUT2D eigenvalue weighted by Crippen LogP contribution is -2.33. The number of fused-ring (bicyclic) bond motifs is 1. The molecular weight excluding hydrogens is 292 g/mol. The number of ether oxygens (including phenoxy) is 1. The van der Waals surface area contributed by atoms with E-state index in [0.29, 0.717) is 16.6 Å². The fourth-order valence-corrected chi connectivity index (χ4v) is 2.66. The van der Waals surface area contributed by atoms with Gasteiger partial charge in [-0.05, 0) is 0 Å². The second kappa shape index (κ2) is 5.63. The van der Waals surface area contributed by atoms with Crippen LogP contribution in [0.5, 0.6) is 0 Å². The van der Waals surface area contributed by atoms with Gasteiger partial charge in [-0.15, -0.1) is 0 Å². The van der Waals surface area contributed by atoms with Crippen LogP contribution in [-0.4, -0.2) is 60.0 Å². The molecule has 3 heterocycles. The van der Waals surface area contributed by atoms with Crippen LogP contribution in [0.15, 0.2) is 19.1 Å². The Morgan fingerprint density at radius 3 is 2.73 bits per heavy atom. The molecule has 0 aliphatic carbocycles. The molecule has 9 heteroatoms. The molecule has 0 amide bonds. The molecule has 5 N–H and O–H groups in total. The number of aliphatic hydroxyl groups excluding tert-OH is 3. The van der Waals surface area contributed by atoms with Gasteiger partial charge in [0.2, 0.25) is 0 Å². The van der Waals surface area contributed by atoms with E-state index in [1.54, 1.807) is 12.3 Å². The topological polar surface area (TPSA) is 133 Å². The third-order valence-corrected chi connectivity index (χ3v) is 3.76. The predicted molar refractivity (Wildman–Crippen MR) is 76.0 cm³/mol. The van der Waals surface area contributed by atoms with E-state index in [1.807, 2.05) is 5.48 Å². The summed E-state index contributed by atoms with van der Waals surface area (Å²) in [5.41, 5.74) is 2.98. The summed E-state index contributed by atoms with van der Waals surface area (Å²) in [6, 6.07) is 0. The largest absolute Gasteiger partial charge is 0.394 e. The zero-order chi connectivity index (χ0) is 15.9. The summed E-state index contributed by atoms with van der Waals surface area (Å²) in [4.78, 5) is 8.04.